The lowest BCUT2D eigenvalue weighted by Crippen LogP contribution is -2.41. The standard InChI is InChI=1S/C20H21ClN4O5S2/c1-11(2)24(12(3)4)32(29,30)14-6-8-16-18(10-14)31-20(22-16)23-19(26)13-5-7-15(21)17(9-13)25(27)28/h5-12H,1-4H3,(H,22,23,26). The second-order valence-corrected chi connectivity index (χ2v) is 10.8. The maximum Gasteiger partial charge on any atom is 0.288 e. The molecule has 1 amide bonds. The van der Waals surface area contributed by atoms with Gasteiger partial charge in [0, 0.05) is 23.7 Å². The third-order valence-electron chi connectivity index (χ3n) is 4.58. The van der Waals surface area contributed by atoms with Crippen LogP contribution in [0.25, 0.3) is 10.2 Å². The van der Waals surface area contributed by atoms with Crippen LogP contribution >= 0.6 is 22.9 Å². The number of hydrogen-bond acceptors (Lipinski definition) is 7. The molecule has 0 unspecified atom stereocenters. The van der Waals surface area contributed by atoms with Crippen molar-refractivity contribution in [3.63, 3.8) is 0 Å². The monoisotopic (exact) mass is 496 g/mol. The summed E-state index contributed by atoms with van der Waals surface area (Å²) < 4.78 is 28.3. The molecule has 0 atom stereocenters. The molecule has 12 heteroatoms. The average molecular weight is 497 g/mol. The van der Waals surface area contributed by atoms with E-state index in [0.717, 1.165) is 17.4 Å². The molecule has 0 radical (unpaired) electrons. The first kappa shape index (κ1) is 24.1. The molecule has 0 bridgehead atoms. The highest BCUT2D eigenvalue weighted by Crippen LogP contribution is 2.31. The number of nitrogens with one attached hydrogen (secondary N) is 1. The number of benzene rings is 2. The first-order chi connectivity index (χ1) is 14.9. The average Bonchev–Trinajstić information content (AvgIpc) is 3.08. The highest BCUT2D eigenvalue weighted by atomic mass is 35.5. The molecule has 1 aromatic heterocycles. The Morgan fingerprint density at radius 3 is 2.41 bits per heavy atom. The van der Waals surface area contributed by atoms with Crippen LogP contribution in [0.2, 0.25) is 5.02 Å². The van der Waals surface area contributed by atoms with Crippen LogP contribution in [0.1, 0.15) is 38.1 Å². The number of rotatable bonds is 7. The Morgan fingerprint density at radius 2 is 1.81 bits per heavy atom. The molecule has 3 aromatic rings. The molecular formula is C20H21ClN4O5S2. The van der Waals surface area contributed by atoms with E-state index in [4.69, 9.17) is 11.6 Å². The van der Waals surface area contributed by atoms with Gasteiger partial charge in [-0.3, -0.25) is 20.2 Å². The van der Waals surface area contributed by atoms with Crippen LogP contribution < -0.4 is 5.32 Å². The predicted molar refractivity (Wildman–Crippen MR) is 125 cm³/mol. The number of sulfonamides is 1. The topological polar surface area (TPSA) is 123 Å². The lowest BCUT2D eigenvalue weighted by atomic mass is 10.2. The van der Waals surface area contributed by atoms with Gasteiger partial charge in [0.25, 0.3) is 11.6 Å². The van der Waals surface area contributed by atoms with Crippen molar-refractivity contribution in [2.24, 2.45) is 0 Å². The van der Waals surface area contributed by atoms with Gasteiger partial charge in [0.2, 0.25) is 10.0 Å². The number of carbonyl (C=O) groups is 1. The number of amides is 1. The zero-order valence-electron chi connectivity index (χ0n) is 17.7. The zero-order valence-corrected chi connectivity index (χ0v) is 20.1. The molecule has 1 heterocycles. The Bertz CT molecular complexity index is 1300. The third kappa shape index (κ3) is 4.75. The van der Waals surface area contributed by atoms with Crippen LogP contribution in [-0.4, -0.2) is 40.6 Å². The number of aromatic nitrogens is 1. The maximum atomic E-state index is 13.1. The van der Waals surface area contributed by atoms with Crippen molar-refractivity contribution in [2.45, 2.75) is 44.7 Å². The Hall–Kier alpha value is -2.60. The molecule has 3 rings (SSSR count). The predicted octanol–water partition coefficient (Wildman–Crippen LogP) is 4.92. The number of nitro benzene ring substituents is 1. The summed E-state index contributed by atoms with van der Waals surface area (Å²) >= 11 is 6.89. The fourth-order valence-electron chi connectivity index (χ4n) is 3.36. The van der Waals surface area contributed by atoms with Crippen molar-refractivity contribution in [3.8, 4) is 0 Å². The van der Waals surface area contributed by atoms with Gasteiger partial charge < -0.3 is 0 Å². The van der Waals surface area contributed by atoms with Crippen LogP contribution in [0.4, 0.5) is 10.8 Å². The van der Waals surface area contributed by atoms with Gasteiger partial charge in [0.15, 0.2) is 5.13 Å². The number of nitrogens with zero attached hydrogens (tertiary/aromatic N) is 3. The molecular weight excluding hydrogens is 476 g/mol. The van der Waals surface area contributed by atoms with Crippen LogP contribution in [0.5, 0.6) is 0 Å². The van der Waals surface area contributed by atoms with Crippen molar-refractivity contribution in [1.29, 1.82) is 0 Å². The van der Waals surface area contributed by atoms with Crippen molar-refractivity contribution >= 4 is 59.9 Å². The maximum absolute atomic E-state index is 13.1. The normalized spacial score (nSPS) is 12.1. The molecule has 0 aliphatic heterocycles. The van der Waals surface area contributed by atoms with Crippen molar-refractivity contribution in [1.82, 2.24) is 9.29 Å². The van der Waals surface area contributed by atoms with Gasteiger partial charge in [-0.05, 0) is 58.0 Å². The highest BCUT2D eigenvalue weighted by Gasteiger charge is 2.29. The van der Waals surface area contributed by atoms with Gasteiger partial charge in [-0.1, -0.05) is 22.9 Å². The smallest absolute Gasteiger partial charge is 0.288 e. The second kappa shape index (κ2) is 9.10. The minimum absolute atomic E-state index is 0.0492. The van der Waals surface area contributed by atoms with E-state index in [1.165, 1.54) is 28.6 Å². The fourth-order valence-corrected chi connectivity index (χ4v) is 6.38. The quantitative estimate of drug-likeness (QED) is 0.366. The van der Waals surface area contributed by atoms with Gasteiger partial charge >= 0.3 is 0 Å². The van der Waals surface area contributed by atoms with Crippen LogP contribution in [0.3, 0.4) is 0 Å². The summed E-state index contributed by atoms with van der Waals surface area (Å²) in [5.41, 5.74) is 0.193. The van der Waals surface area contributed by atoms with Crippen LogP contribution in [0, 0.1) is 10.1 Å². The van der Waals surface area contributed by atoms with Crippen molar-refractivity contribution in [3.05, 3.63) is 57.1 Å². The third-order valence-corrected chi connectivity index (χ3v) is 8.08. The summed E-state index contributed by atoms with van der Waals surface area (Å²) in [6.45, 7) is 7.27. The summed E-state index contributed by atoms with van der Waals surface area (Å²) in [7, 11) is -3.72. The summed E-state index contributed by atoms with van der Waals surface area (Å²) in [5, 5.41) is 13.8. The van der Waals surface area contributed by atoms with Crippen molar-refractivity contribution in [2.75, 3.05) is 5.32 Å². The molecule has 0 fully saturated rings. The number of hydrogen-bond donors (Lipinski definition) is 1. The van der Waals surface area contributed by atoms with Crippen LogP contribution in [-0.2, 0) is 10.0 Å². The van der Waals surface area contributed by atoms with Gasteiger partial charge in [-0.25, -0.2) is 13.4 Å². The molecule has 0 aliphatic rings. The molecule has 0 saturated heterocycles. The SMILES string of the molecule is CC(C)N(C(C)C)S(=O)(=O)c1ccc2nc(NC(=O)c3ccc(Cl)c([N+](=O)[O-])c3)sc2c1. The first-order valence-electron chi connectivity index (χ1n) is 9.61. The summed E-state index contributed by atoms with van der Waals surface area (Å²) in [5.74, 6) is -0.595. The largest absolute Gasteiger partial charge is 0.298 e. The number of thiazole rings is 1. The number of carbonyl (C=O) groups excluding carboxylic acids is 1. The number of anilines is 1. The van der Waals surface area contributed by atoms with E-state index < -0.39 is 20.9 Å². The first-order valence-corrected chi connectivity index (χ1v) is 12.2. The number of nitro groups is 1. The second-order valence-electron chi connectivity index (χ2n) is 7.55. The van der Waals surface area contributed by atoms with Crippen LogP contribution in [0.15, 0.2) is 41.3 Å². The van der Waals surface area contributed by atoms with Gasteiger partial charge in [0.1, 0.15) is 5.02 Å². The highest BCUT2D eigenvalue weighted by molar-refractivity contribution is 7.89. The Morgan fingerprint density at radius 1 is 1.16 bits per heavy atom. The van der Waals surface area contributed by atoms with E-state index in [0.29, 0.717) is 10.2 Å². The van der Waals surface area contributed by atoms with Gasteiger partial charge in [-0.15, -0.1) is 0 Å². The van der Waals surface area contributed by atoms with Gasteiger partial charge in [0.05, 0.1) is 20.0 Å². The number of fused-ring (bicyclic) bond motifs is 1. The Labute approximate surface area is 194 Å². The lowest BCUT2D eigenvalue weighted by molar-refractivity contribution is -0.384. The summed E-state index contributed by atoms with van der Waals surface area (Å²) in [4.78, 5) is 27.4. The molecule has 9 nitrogen and oxygen atoms in total. The summed E-state index contributed by atoms with van der Waals surface area (Å²) in [6, 6.07) is 7.91. The molecule has 1 N–H and O–H groups in total. The van der Waals surface area contributed by atoms with E-state index in [2.05, 4.69) is 10.3 Å². The molecule has 0 spiro atoms. The molecule has 0 aliphatic carbocycles. The van der Waals surface area contributed by atoms with E-state index >= 15 is 0 Å². The molecule has 32 heavy (non-hydrogen) atoms. The Balaban J connectivity index is 1.91. The van der Waals surface area contributed by atoms with E-state index in [-0.39, 0.29) is 38.4 Å². The fraction of sp³-hybridized carbons (Fsp3) is 0.300. The molecule has 170 valence electrons. The number of halogens is 1. The minimum atomic E-state index is -3.72. The zero-order chi connectivity index (χ0) is 23.8. The van der Waals surface area contributed by atoms with Crippen molar-refractivity contribution < 1.29 is 18.1 Å². The molecule has 0 saturated carbocycles. The van der Waals surface area contributed by atoms with Gasteiger partial charge in [-0.2, -0.15) is 4.31 Å². The minimum Gasteiger partial charge on any atom is -0.298 e. The van der Waals surface area contributed by atoms with E-state index in [1.54, 1.807) is 6.07 Å². The van der Waals surface area contributed by atoms with E-state index in [9.17, 15) is 23.3 Å². The molecule has 2 aromatic carbocycles. The Kier molecular flexibility index (Phi) is 6.84. The van der Waals surface area contributed by atoms with E-state index in [1.807, 2.05) is 27.7 Å². The summed E-state index contributed by atoms with van der Waals surface area (Å²) in [6.07, 6.45) is 0. The lowest BCUT2D eigenvalue weighted by Gasteiger charge is -2.29.